The van der Waals surface area contributed by atoms with Crippen molar-refractivity contribution >= 4 is 51.5 Å². The Morgan fingerprint density at radius 2 is 1.92 bits per heavy atom. The SMILES string of the molecule is O=C(O)[C@H]1[C@H](C(=O)Nc2nc(-c3ccc(Cl)cc3Cl)cs2)[C@H]2C=C[C@H]1C2. The van der Waals surface area contributed by atoms with Crippen LogP contribution in [0.1, 0.15) is 6.42 Å². The number of thiazole rings is 1. The lowest BCUT2D eigenvalue weighted by molar-refractivity contribution is -0.146. The summed E-state index contributed by atoms with van der Waals surface area (Å²) in [6.45, 7) is 0. The van der Waals surface area contributed by atoms with E-state index in [1.165, 1.54) is 11.3 Å². The van der Waals surface area contributed by atoms with Crippen LogP contribution in [0, 0.1) is 23.7 Å². The molecule has 5 nitrogen and oxygen atoms in total. The number of carbonyl (C=O) groups is 2. The van der Waals surface area contributed by atoms with Crippen LogP contribution in [-0.2, 0) is 9.59 Å². The van der Waals surface area contributed by atoms with E-state index >= 15 is 0 Å². The number of nitrogens with one attached hydrogen (secondary N) is 1. The van der Waals surface area contributed by atoms with Gasteiger partial charge in [0.2, 0.25) is 5.91 Å². The zero-order chi connectivity index (χ0) is 18.4. The molecule has 1 amide bonds. The van der Waals surface area contributed by atoms with Crippen LogP contribution in [0.4, 0.5) is 5.13 Å². The third-order valence-corrected chi connectivity index (χ3v) is 6.29. The predicted octanol–water partition coefficient (Wildman–Crippen LogP) is 4.58. The second-order valence-corrected chi connectivity index (χ2v) is 8.19. The Morgan fingerprint density at radius 1 is 1.19 bits per heavy atom. The van der Waals surface area contributed by atoms with Crippen molar-refractivity contribution in [3.05, 3.63) is 45.8 Å². The number of nitrogens with zero attached hydrogens (tertiary/aromatic N) is 1. The van der Waals surface area contributed by atoms with Gasteiger partial charge in [-0.05, 0) is 36.5 Å². The van der Waals surface area contributed by atoms with Gasteiger partial charge in [0, 0.05) is 16.0 Å². The Kier molecular flexibility index (Phi) is 4.50. The first-order chi connectivity index (χ1) is 12.4. The maximum atomic E-state index is 12.7. The average Bonchev–Trinajstić information content (AvgIpc) is 3.29. The molecule has 134 valence electrons. The van der Waals surface area contributed by atoms with E-state index < -0.39 is 17.8 Å². The lowest BCUT2D eigenvalue weighted by Gasteiger charge is -2.23. The van der Waals surface area contributed by atoms with Gasteiger partial charge in [0.15, 0.2) is 5.13 Å². The smallest absolute Gasteiger partial charge is 0.307 e. The van der Waals surface area contributed by atoms with Crippen molar-refractivity contribution in [2.75, 3.05) is 5.32 Å². The molecule has 4 rings (SSSR count). The van der Waals surface area contributed by atoms with Crippen LogP contribution in [0.5, 0.6) is 0 Å². The Bertz CT molecular complexity index is 927. The van der Waals surface area contributed by atoms with Crippen molar-refractivity contribution in [3.8, 4) is 11.3 Å². The van der Waals surface area contributed by atoms with E-state index in [2.05, 4.69) is 10.3 Å². The number of carboxylic acids is 1. The van der Waals surface area contributed by atoms with E-state index in [1.807, 2.05) is 12.2 Å². The summed E-state index contributed by atoms with van der Waals surface area (Å²) in [6, 6.07) is 5.13. The molecule has 0 unspecified atom stereocenters. The predicted molar refractivity (Wildman–Crippen MR) is 102 cm³/mol. The van der Waals surface area contributed by atoms with Crippen molar-refractivity contribution in [2.45, 2.75) is 6.42 Å². The maximum Gasteiger partial charge on any atom is 0.307 e. The summed E-state index contributed by atoms with van der Waals surface area (Å²) in [4.78, 5) is 28.7. The van der Waals surface area contributed by atoms with Crippen LogP contribution >= 0.6 is 34.5 Å². The Labute approximate surface area is 163 Å². The monoisotopic (exact) mass is 408 g/mol. The number of benzene rings is 1. The van der Waals surface area contributed by atoms with Crippen LogP contribution in [-0.4, -0.2) is 22.0 Å². The minimum Gasteiger partial charge on any atom is -0.481 e. The number of halogens is 2. The molecule has 1 aromatic heterocycles. The summed E-state index contributed by atoms with van der Waals surface area (Å²) < 4.78 is 0. The van der Waals surface area contributed by atoms with E-state index in [9.17, 15) is 14.7 Å². The molecule has 2 aliphatic rings. The highest BCUT2D eigenvalue weighted by Crippen LogP contribution is 2.48. The number of rotatable bonds is 4. The third kappa shape index (κ3) is 3.02. The van der Waals surface area contributed by atoms with Gasteiger partial charge in [0.1, 0.15) is 0 Å². The summed E-state index contributed by atoms with van der Waals surface area (Å²) >= 11 is 13.4. The number of allylic oxidation sites excluding steroid dienone is 2. The molecule has 0 radical (unpaired) electrons. The van der Waals surface area contributed by atoms with E-state index in [4.69, 9.17) is 23.2 Å². The second kappa shape index (κ2) is 6.68. The molecule has 2 aliphatic carbocycles. The normalized spacial score (nSPS) is 26.2. The van der Waals surface area contributed by atoms with E-state index in [0.29, 0.717) is 20.9 Å². The van der Waals surface area contributed by atoms with Crippen LogP contribution in [0.15, 0.2) is 35.7 Å². The van der Waals surface area contributed by atoms with Gasteiger partial charge in [-0.25, -0.2) is 4.98 Å². The van der Waals surface area contributed by atoms with Crippen molar-refractivity contribution in [1.29, 1.82) is 0 Å². The molecule has 1 saturated carbocycles. The summed E-state index contributed by atoms with van der Waals surface area (Å²) in [6.07, 6.45) is 4.59. The molecule has 2 aromatic rings. The molecule has 1 aromatic carbocycles. The van der Waals surface area contributed by atoms with Crippen molar-refractivity contribution in [2.24, 2.45) is 23.7 Å². The largest absolute Gasteiger partial charge is 0.481 e. The second-order valence-electron chi connectivity index (χ2n) is 6.49. The lowest BCUT2D eigenvalue weighted by atomic mass is 9.82. The standard InChI is InChI=1S/C18H14Cl2N2O3S/c19-10-3-4-11(12(20)6-10)13-7-26-18(21-13)22-16(23)14-8-1-2-9(5-8)15(14)17(24)25/h1-4,6-9,14-15H,5H2,(H,24,25)(H,21,22,23)/t8-,9-,14+,15+/m0/s1. The fraction of sp³-hybridized carbons (Fsp3) is 0.278. The first-order valence-corrected chi connectivity index (χ1v) is 9.70. The highest BCUT2D eigenvalue weighted by atomic mass is 35.5. The summed E-state index contributed by atoms with van der Waals surface area (Å²) in [5, 5.41) is 15.5. The topological polar surface area (TPSA) is 79.3 Å². The van der Waals surface area contributed by atoms with E-state index in [-0.39, 0.29) is 17.7 Å². The van der Waals surface area contributed by atoms with Crippen LogP contribution < -0.4 is 5.32 Å². The van der Waals surface area contributed by atoms with Crippen LogP contribution in [0.2, 0.25) is 10.0 Å². The summed E-state index contributed by atoms with van der Waals surface area (Å²) in [5.74, 6) is -2.53. The number of aromatic nitrogens is 1. The van der Waals surface area contributed by atoms with Crippen LogP contribution in [0.3, 0.4) is 0 Å². The Hall–Kier alpha value is -1.89. The van der Waals surface area contributed by atoms with E-state index in [1.54, 1.807) is 23.6 Å². The van der Waals surface area contributed by atoms with Gasteiger partial charge < -0.3 is 10.4 Å². The van der Waals surface area contributed by atoms with Gasteiger partial charge >= 0.3 is 5.97 Å². The zero-order valence-corrected chi connectivity index (χ0v) is 15.7. The molecule has 1 heterocycles. The minimum atomic E-state index is -0.922. The van der Waals surface area contributed by atoms with Gasteiger partial charge in [0.25, 0.3) is 0 Å². The summed E-state index contributed by atoms with van der Waals surface area (Å²) in [5.41, 5.74) is 1.36. The van der Waals surface area contributed by atoms with Gasteiger partial charge in [0.05, 0.1) is 22.6 Å². The molecule has 1 fully saturated rings. The minimum absolute atomic E-state index is 0.0220. The number of hydrogen-bond donors (Lipinski definition) is 2. The number of carboxylic acid groups (broad SMARTS) is 1. The number of fused-ring (bicyclic) bond motifs is 2. The number of hydrogen-bond acceptors (Lipinski definition) is 4. The van der Waals surface area contributed by atoms with Crippen molar-refractivity contribution < 1.29 is 14.7 Å². The quantitative estimate of drug-likeness (QED) is 0.725. The maximum absolute atomic E-state index is 12.7. The van der Waals surface area contributed by atoms with Gasteiger partial charge in [-0.15, -0.1) is 11.3 Å². The highest BCUT2D eigenvalue weighted by molar-refractivity contribution is 7.14. The molecule has 2 bridgehead atoms. The fourth-order valence-electron chi connectivity index (χ4n) is 3.86. The van der Waals surface area contributed by atoms with Gasteiger partial charge in [-0.2, -0.15) is 0 Å². The number of amides is 1. The van der Waals surface area contributed by atoms with Gasteiger partial charge in [-0.1, -0.05) is 35.4 Å². The van der Waals surface area contributed by atoms with Gasteiger partial charge in [-0.3, -0.25) is 9.59 Å². The highest BCUT2D eigenvalue weighted by Gasteiger charge is 2.51. The van der Waals surface area contributed by atoms with E-state index in [0.717, 1.165) is 12.0 Å². The van der Waals surface area contributed by atoms with Crippen molar-refractivity contribution in [1.82, 2.24) is 4.98 Å². The first-order valence-electron chi connectivity index (χ1n) is 8.07. The molecule has 0 spiro atoms. The summed E-state index contributed by atoms with van der Waals surface area (Å²) in [7, 11) is 0. The average molecular weight is 409 g/mol. The molecule has 2 N–H and O–H groups in total. The number of aliphatic carboxylic acids is 1. The number of anilines is 1. The molecular formula is C18H14Cl2N2O3S. The molecule has 0 saturated heterocycles. The Balaban J connectivity index is 1.53. The molecule has 26 heavy (non-hydrogen) atoms. The zero-order valence-electron chi connectivity index (χ0n) is 13.4. The molecule has 4 atom stereocenters. The van der Waals surface area contributed by atoms with Crippen LogP contribution in [0.25, 0.3) is 11.3 Å². The number of carbonyl (C=O) groups excluding carboxylic acids is 1. The molecule has 8 heteroatoms. The van der Waals surface area contributed by atoms with Crippen molar-refractivity contribution in [3.63, 3.8) is 0 Å². The Morgan fingerprint density at radius 3 is 2.62 bits per heavy atom. The third-order valence-electron chi connectivity index (χ3n) is 4.99. The first kappa shape index (κ1) is 17.5. The molecular weight excluding hydrogens is 395 g/mol. The molecule has 0 aliphatic heterocycles. The fourth-order valence-corrected chi connectivity index (χ4v) is 5.08. The lowest BCUT2D eigenvalue weighted by Crippen LogP contribution is -2.36.